The molecule has 2 aliphatic rings. The van der Waals surface area contributed by atoms with Crippen LogP contribution in [0.4, 0.5) is 0 Å². The first-order valence-electron chi connectivity index (χ1n) is 9.48. The molecular weight excluding hydrogens is 459 g/mol. The van der Waals surface area contributed by atoms with Crippen LogP contribution in [0.3, 0.4) is 0 Å². The first kappa shape index (κ1) is 21.9. The number of nitrogens with one attached hydrogen (secondary N) is 1. The molecule has 1 N–H and O–H groups in total. The van der Waals surface area contributed by atoms with Crippen molar-refractivity contribution in [2.24, 2.45) is 10.4 Å². The summed E-state index contributed by atoms with van der Waals surface area (Å²) >= 11 is 1.76. The minimum absolute atomic E-state index is 0. The molecule has 1 aromatic rings. The topological polar surface area (TPSA) is 49.8 Å². The highest BCUT2D eigenvalue weighted by molar-refractivity contribution is 14.0. The van der Waals surface area contributed by atoms with Gasteiger partial charge in [0.15, 0.2) is 5.96 Å². The summed E-state index contributed by atoms with van der Waals surface area (Å²) in [7, 11) is 0. The Balaban J connectivity index is 0.00000243. The van der Waals surface area contributed by atoms with E-state index in [0.29, 0.717) is 5.41 Å². The second-order valence-corrected chi connectivity index (χ2v) is 9.28. The maximum absolute atomic E-state index is 5.65. The molecular formula is C19H33IN4OS. The SMILES string of the molecule is CCNC(=NCCc1nc(C(C)(C)C)cs1)N1CCC2(CCOC2)C1.I. The summed E-state index contributed by atoms with van der Waals surface area (Å²) in [6.07, 6.45) is 3.33. The van der Waals surface area contributed by atoms with Crippen LogP contribution in [0.5, 0.6) is 0 Å². The molecule has 1 atom stereocenters. The van der Waals surface area contributed by atoms with Crippen molar-refractivity contribution in [3.63, 3.8) is 0 Å². The number of hydrogen-bond donors (Lipinski definition) is 1. The number of ether oxygens (including phenoxy) is 1. The number of rotatable bonds is 4. The van der Waals surface area contributed by atoms with Gasteiger partial charge in [-0.3, -0.25) is 4.99 Å². The summed E-state index contributed by atoms with van der Waals surface area (Å²) in [6, 6.07) is 0. The Labute approximate surface area is 179 Å². The molecule has 0 aliphatic carbocycles. The van der Waals surface area contributed by atoms with Crippen molar-refractivity contribution in [3.05, 3.63) is 16.1 Å². The van der Waals surface area contributed by atoms with E-state index in [-0.39, 0.29) is 29.4 Å². The van der Waals surface area contributed by atoms with Gasteiger partial charge in [0.1, 0.15) is 0 Å². The normalized spacial score (nSPS) is 23.5. The van der Waals surface area contributed by atoms with Crippen LogP contribution < -0.4 is 5.32 Å². The van der Waals surface area contributed by atoms with Crippen LogP contribution in [0.1, 0.15) is 51.2 Å². The fourth-order valence-corrected chi connectivity index (χ4v) is 4.55. The number of guanidine groups is 1. The first-order valence-corrected chi connectivity index (χ1v) is 10.4. The summed E-state index contributed by atoms with van der Waals surface area (Å²) < 4.78 is 5.65. The van der Waals surface area contributed by atoms with Gasteiger partial charge in [0, 0.05) is 55.4 Å². The predicted octanol–water partition coefficient (Wildman–Crippen LogP) is 3.68. The Morgan fingerprint density at radius 1 is 1.42 bits per heavy atom. The van der Waals surface area contributed by atoms with Crippen molar-refractivity contribution in [2.45, 2.75) is 52.4 Å². The van der Waals surface area contributed by atoms with E-state index in [1.807, 2.05) is 0 Å². The zero-order valence-corrected chi connectivity index (χ0v) is 19.7. The third kappa shape index (κ3) is 5.32. The zero-order chi connectivity index (χ0) is 17.9. The zero-order valence-electron chi connectivity index (χ0n) is 16.5. The summed E-state index contributed by atoms with van der Waals surface area (Å²) in [4.78, 5) is 12.1. The third-order valence-electron chi connectivity index (χ3n) is 5.17. The van der Waals surface area contributed by atoms with E-state index < -0.39 is 0 Å². The van der Waals surface area contributed by atoms with Gasteiger partial charge in [-0.05, 0) is 19.8 Å². The van der Waals surface area contributed by atoms with Crippen molar-refractivity contribution in [2.75, 3.05) is 39.4 Å². The lowest BCUT2D eigenvalue weighted by molar-refractivity contribution is 0.156. The van der Waals surface area contributed by atoms with E-state index >= 15 is 0 Å². The molecule has 2 aliphatic heterocycles. The second kappa shape index (κ2) is 9.19. The molecule has 3 rings (SSSR count). The van der Waals surface area contributed by atoms with Gasteiger partial charge in [0.2, 0.25) is 0 Å². The number of likely N-dealkylation sites (tertiary alicyclic amines) is 1. The van der Waals surface area contributed by atoms with Crippen LogP contribution >= 0.6 is 35.3 Å². The monoisotopic (exact) mass is 492 g/mol. The Kier molecular flexibility index (Phi) is 7.73. The number of halogens is 1. The van der Waals surface area contributed by atoms with Gasteiger partial charge in [-0.15, -0.1) is 35.3 Å². The van der Waals surface area contributed by atoms with Gasteiger partial charge in [0.25, 0.3) is 0 Å². The molecule has 0 radical (unpaired) electrons. The van der Waals surface area contributed by atoms with Crippen molar-refractivity contribution in [1.82, 2.24) is 15.2 Å². The second-order valence-electron chi connectivity index (χ2n) is 8.34. The van der Waals surface area contributed by atoms with Gasteiger partial charge >= 0.3 is 0 Å². The number of aliphatic imine (C=N–C) groups is 1. The van der Waals surface area contributed by atoms with E-state index in [0.717, 1.165) is 51.8 Å². The molecule has 5 nitrogen and oxygen atoms in total. The van der Waals surface area contributed by atoms with Crippen molar-refractivity contribution in [3.8, 4) is 0 Å². The van der Waals surface area contributed by atoms with E-state index in [9.17, 15) is 0 Å². The van der Waals surface area contributed by atoms with Crippen LogP contribution in [-0.4, -0.2) is 55.2 Å². The number of hydrogen-bond acceptors (Lipinski definition) is 4. The number of aromatic nitrogens is 1. The van der Waals surface area contributed by atoms with Crippen LogP contribution in [0.2, 0.25) is 0 Å². The molecule has 3 heterocycles. The summed E-state index contributed by atoms with van der Waals surface area (Å²) in [6.45, 7) is 14.5. The van der Waals surface area contributed by atoms with Crippen LogP contribution in [0.15, 0.2) is 10.4 Å². The van der Waals surface area contributed by atoms with Crippen LogP contribution in [-0.2, 0) is 16.6 Å². The molecule has 1 unspecified atom stereocenters. The van der Waals surface area contributed by atoms with Crippen LogP contribution in [0, 0.1) is 5.41 Å². The fraction of sp³-hybridized carbons (Fsp3) is 0.789. The standard InChI is InChI=1S/C19H32N4OS.HI/c1-5-20-17(23-10-7-19(13-23)8-11-24-14-19)21-9-6-16-22-15(12-25-16)18(2,3)4;/h12H,5-11,13-14H2,1-4H3,(H,20,21);1H. The predicted molar refractivity (Wildman–Crippen MR) is 120 cm³/mol. The highest BCUT2D eigenvalue weighted by atomic mass is 127. The van der Waals surface area contributed by atoms with Gasteiger partial charge < -0.3 is 15.0 Å². The fourth-order valence-electron chi connectivity index (χ4n) is 3.54. The molecule has 2 saturated heterocycles. The quantitative estimate of drug-likeness (QED) is 0.396. The van der Waals surface area contributed by atoms with E-state index in [1.165, 1.54) is 23.5 Å². The first-order chi connectivity index (χ1) is 11.9. The molecule has 0 aromatic carbocycles. The van der Waals surface area contributed by atoms with Crippen molar-refractivity contribution in [1.29, 1.82) is 0 Å². The highest BCUT2D eigenvalue weighted by Crippen LogP contribution is 2.38. The summed E-state index contributed by atoms with van der Waals surface area (Å²) in [5, 5.41) is 6.84. The van der Waals surface area contributed by atoms with E-state index in [4.69, 9.17) is 14.7 Å². The van der Waals surface area contributed by atoms with Gasteiger partial charge in [-0.2, -0.15) is 0 Å². The molecule has 7 heteroatoms. The average molecular weight is 492 g/mol. The van der Waals surface area contributed by atoms with Gasteiger partial charge in [0.05, 0.1) is 17.3 Å². The van der Waals surface area contributed by atoms with Crippen molar-refractivity contribution < 1.29 is 4.74 Å². The number of nitrogens with zero attached hydrogens (tertiary/aromatic N) is 3. The molecule has 0 saturated carbocycles. The highest BCUT2D eigenvalue weighted by Gasteiger charge is 2.42. The smallest absolute Gasteiger partial charge is 0.193 e. The Morgan fingerprint density at radius 2 is 2.23 bits per heavy atom. The van der Waals surface area contributed by atoms with Crippen LogP contribution in [0.25, 0.3) is 0 Å². The minimum atomic E-state index is 0. The lowest BCUT2D eigenvalue weighted by Crippen LogP contribution is -2.41. The van der Waals surface area contributed by atoms with Gasteiger partial charge in [-0.1, -0.05) is 20.8 Å². The molecule has 1 spiro atoms. The Morgan fingerprint density at radius 3 is 2.85 bits per heavy atom. The minimum Gasteiger partial charge on any atom is -0.381 e. The molecule has 148 valence electrons. The average Bonchev–Trinajstić information content (AvgIpc) is 3.29. The molecule has 0 bridgehead atoms. The Hall–Kier alpha value is -0.410. The maximum atomic E-state index is 5.65. The van der Waals surface area contributed by atoms with Crippen molar-refractivity contribution >= 4 is 41.3 Å². The lowest BCUT2D eigenvalue weighted by atomic mass is 9.87. The van der Waals surface area contributed by atoms with Gasteiger partial charge in [-0.25, -0.2) is 4.98 Å². The van der Waals surface area contributed by atoms with E-state index in [2.05, 4.69) is 43.3 Å². The lowest BCUT2D eigenvalue weighted by Gasteiger charge is -2.24. The molecule has 0 amide bonds. The number of thiazole rings is 1. The summed E-state index contributed by atoms with van der Waals surface area (Å²) in [5.41, 5.74) is 1.68. The third-order valence-corrected chi connectivity index (χ3v) is 6.07. The van der Waals surface area contributed by atoms with E-state index in [1.54, 1.807) is 11.3 Å². The molecule has 1 aromatic heterocycles. The maximum Gasteiger partial charge on any atom is 0.193 e. The Bertz CT molecular complexity index is 605. The molecule has 26 heavy (non-hydrogen) atoms. The largest absolute Gasteiger partial charge is 0.381 e. The summed E-state index contributed by atoms with van der Waals surface area (Å²) in [5.74, 6) is 1.05. The molecule has 2 fully saturated rings.